The summed E-state index contributed by atoms with van der Waals surface area (Å²) in [5.74, 6) is 0. The standard InChI is InChI=1S/C19H19N/c1-14-10-12-16(13-11-14)15(2)20-19-9-5-7-17-6-3-4-8-18(17)19/h3-13,15,20H,1-2H3. The predicted molar refractivity (Wildman–Crippen MR) is 87.2 cm³/mol. The third-order valence-electron chi connectivity index (χ3n) is 3.74. The smallest absolute Gasteiger partial charge is 0.0485 e. The molecule has 20 heavy (non-hydrogen) atoms. The highest BCUT2D eigenvalue weighted by Crippen LogP contribution is 2.27. The minimum atomic E-state index is 0.293. The molecule has 1 N–H and O–H groups in total. The number of hydrogen-bond acceptors (Lipinski definition) is 1. The van der Waals surface area contributed by atoms with Gasteiger partial charge in [0, 0.05) is 17.1 Å². The largest absolute Gasteiger partial charge is 0.378 e. The lowest BCUT2D eigenvalue weighted by atomic mass is 10.0. The molecular weight excluding hydrogens is 242 g/mol. The third kappa shape index (κ3) is 2.53. The molecule has 0 saturated carbocycles. The second-order valence-corrected chi connectivity index (χ2v) is 5.30. The third-order valence-corrected chi connectivity index (χ3v) is 3.74. The molecule has 3 rings (SSSR count). The molecule has 3 aromatic rings. The summed E-state index contributed by atoms with van der Waals surface area (Å²) in [4.78, 5) is 0. The van der Waals surface area contributed by atoms with Gasteiger partial charge in [-0.1, -0.05) is 66.2 Å². The monoisotopic (exact) mass is 261 g/mol. The van der Waals surface area contributed by atoms with Crippen LogP contribution < -0.4 is 5.32 Å². The second kappa shape index (κ2) is 5.38. The van der Waals surface area contributed by atoms with E-state index in [4.69, 9.17) is 0 Å². The van der Waals surface area contributed by atoms with Crippen LogP contribution in [0.2, 0.25) is 0 Å². The van der Waals surface area contributed by atoms with E-state index < -0.39 is 0 Å². The van der Waals surface area contributed by atoms with Crippen LogP contribution in [0.5, 0.6) is 0 Å². The fourth-order valence-electron chi connectivity index (χ4n) is 2.52. The Balaban J connectivity index is 1.91. The van der Waals surface area contributed by atoms with Crippen LogP contribution in [0.25, 0.3) is 10.8 Å². The Hall–Kier alpha value is -2.28. The number of nitrogens with one attached hydrogen (secondary N) is 1. The fourth-order valence-corrected chi connectivity index (χ4v) is 2.52. The molecule has 0 aliphatic rings. The van der Waals surface area contributed by atoms with E-state index >= 15 is 0 Å². The van der Waals surface area contributed by atoms with Gasteiger partial charge in [0.1, 0.15) is 0 Å². The van der Waals surface area contributed by atoms with Gasteiger partial charge in [-0.15, -0.1) is 0 Å². The summed E-state index contributed by atoms with van der Waals surface area (Å²) in [6.45, 7) is 4.32. The summed E-state index contributed by atoms with van der Waals surface area (Å²) in [5.41, 5.74) is 3.80. The van der Waals surface area contributed by atoms with Gasteiger partial charge in [0.2, 0.25) is 0 Å². The van der Waals surface area contributed by atoms with E-state index in [1.54, 1.807) is 0 Å². The summed E-state index contributed by atoms with van der Waals surface area (Å²) < 4.78 is 0. The minimum Gasteiger partial charge on any atom is -0.378 e. The van der Waals surface area contributed by atoms with E-state index in [0.29, 0.717) is 6.04 Å². The van der Waals surface area contributed by atoms with Crippen molar-refractivity contribution in [1.29, 1.82) is 0 Å². The van der Waals surface area contributed by atoms with E-state index in [-0.39, 0.29) is 0 Å². The molecule has 0 aliphatic carbocycles. The lowest BCUT2D eigenvalue weighted by molar-refractivity contribution is 0.886. The molecule has 0 radical (unpaired) electrons. The average molecular weight is 261 g/mol. The van der Waals surface area contributed by atoms with Crippen LogP contribution in [-0.4, -0.2) is 0 Å². The maximum atomic E-state index is 3.62. The summed E-state index contributed by atoms with van der Waals surface area (Å²) in [6, 6.07) is 23.9. The number of aryl methyl sites for hydroxylation is 1. The second-order valence-electron chi connectivity index (χ2n) is 5.30. The summed E-state index contributed by atoms with van der Waals surface area (Å²) >= 11 is 0. The molecule has 0 amide bonds. The molecule has 1 nitrogen and oxygen atoms in total. The van der Waals surface area contributed by atoms with Crippen LogP contribution >= 0.6 is 0 Å². The average Bonchev–Trinajstić information content (AvgIpc) is 2.48. The Bertz CT molecular complexity index is 708. The van der Waals surface area contributed by atoms with Gasteiger partial charge in [-0.25, -0.2) is 0 Å². The van der Waals surface area contributed by atoms with Crippen molar-refractivity contribution in [2.75, 3.05) is 5.32 Å². The zero-order valence-corrected chi connectivity index (χ0v) is 11.9. The lowest BCUT2D eigenvalue weighted by Gasteiger charge is -2.17. The van der Waals surface area contributed by atoms with Crippen LogP contribution in [0, 0.1) is 6.92 Å². The molecule has 0 fully saturated rings. The SMILES string of the molecule is Cc1ccc(C(C)Nc2cccc3ccccc23)cc1. The zero-order valence-electron chi connectivity index (χ0n) is 11.9. The first-order chi connectivity index (χ1) is 9.74. The van der Waals surface area contributed by atoms with Crippen molar-refractivity contribution < 1.29 is 0 Å². The first-order valence-corrected chi connectivity index (χ1v) is 7.05. The summed E-state index contributed by atoms with van der Waals surface area (Å²) in [7, 11) is 0. The molecule has 0 heterocycles. The first kappa shape index (κ1) is 12.7. The Kier molecular flexibility index (Phi) is 3.42. The molecule has 3 aromatic carbocycles. The van der Waals surface area contributed by atoms with Crippen molar-refractivity contribution in [3.05, 3.63) is 77.9 Å². The van der Waals surface area contributed by atoms with Gasteiger partial charge in [0.05, 0.1) is 0 Å². The molecule has 1 atom stereocenters. The zero-order chi connectivity index (χ0) is 13.9. The van der Waals surface area contributed by atoms with Crippen LogP contribution in [0.1, 0.15) is 24.1 Å². The van der Waals surface area contributed by atoms with Crippen molar-refractivity contribution in [3.8, 4) is 0 Å². The van der Waals surface area contributed by atoms with Gasteiger partial charge >= 0.3 is 0 Å². The van der Waals surface area contributed by atoms with Crippen molar-refractivity contribution in [1.82, 2.24) is 0 Å². The number of benzene rings is 3. The maximum Gasteiger partial charge on any atom is 0.0485 e. The van der Waals surface area contributed by atoms with Crippen molar-refractivity contribution in [2.45, 2.75) is 19.9 Å². The molecular formula is C19H19N. The number of rotatable bonds is 3. The van der Waals surface area contributed by atoms with Crippen molar-refractivity contribution >= 4 is 16.5 Å². The molecule has 0 saturated heterocycles. The van der Waals surface area contributed by atoms with Gasteiger partial charge in [-0.05, 0) is 30.9 Å². The molecule has 0 bridgehead atoms. The van der Waals surface area contributed by atoms with Crippen LogP contribution in [0.15, 0.2) is 66.7 Å². The Morgan fingerprint density at radius 1 is 0.800 bits per heavy atom. The predicted octanol–water partition coefficient (Wildman–Crippen LogP) is 5.32. The number of fused-ring (bicyclic) bond motifs is 1. The first-order valence-electron chi connectivity index (χ1n) is 7.05. The lowest BCUT2D eigenvalue weighted by Crippen LogP contribution is -2.06. The van der Waals surface area contributed by atoms with Crippen molar-refractivity contribution in [3.63, 3.8) is 0 Å². The van der Waals surface area contributed by atoms with Crippen LogP contribution in [0.3, 0.4) is 0 Å². The number of anilines is 1. The number of hydrogen-bond donors (Lipinski definition) is 1. The molecule has 100 valence electrons. The summed E-state index contributed by atoms with van der Waals surface area (Å²) in [5, 5.41) is 6.16. The Morgan fingerprint density at radius 3 is 2.30 bits per heavy atom. The van der Waals surface area contributed by atoms with Gasteiger partial charge < -0.3 is 5.32 Å². The van der Waals surface area contributed by atoms with Gasteiger partial charge in [-0.2, -0.15) is 0 Å². The summed E-state index contributed by atoms with van der Waals surface area (Å²) in [6.07, 6.45) is 0. The fraction of sp³-hybridized carbons (Fsp3) is 0.158. The molecule has 0 aromatic heterocycles. The normalized spacial score (nSPS) is 12.3. The van der Waals surface area contributed by atoms with Gasteiger partial charge in [-0.3, -0.25) is 0 Å². The van der Waals surface area contributed by atoms with E-state index in [1.807, 2.05) is 0 Å². The van der Waals surface area contributed by atoms with E-state index in [9.17, 15) is 0 Å². The molecule has 0 aliphatic heterocycles. The van der Waals surface area contributed by atoms with Crippen LogP contribution in [-0.2, 0) is 0 Å². The molecule has 1 unspecified atom stereocenters. The highest BCUT2D eigenvalue weighted by Gasteiger charge is 2.07. The Morgan fingerprint density at radius 2 is 1.50 bits per heavy atom. The highest BCUT2D eigenvalue weighted by atomic mass is 14.9. The van der Waals surface area contributed by atoms with Gasteiger partial charge in [0.15, 0.2) is 0 Å². The quantitative estimate of drug-likeness (QED) is 0.672. The Labute approximate surface area is 120 Å². The van der Waals surface area contributed by atoms with Crippen LogP contribution in [0.4, 0.5) is 5.69 Å². The topological polar surface area (TPSA) is 12.0 Å². The molecule has 1 heteroatoms. The van der Waals surface area contributed by atoms with Crippen molar-refractivity contribution in [2.24, 2.45) is 0 Å². The van der Waals surface area contributed by atoms with E-state index in [1.165, 1.54) is 27.6 Å². The van der Waals surface area contributed by atoms with Gasteiger partial charge in [0.25, 0.3) is 0 Å². The molecule has 0 spiro atoms. The minimum absolute atomic E-state index is 0.293. The van der Waals surface area contributed by atoms with E-state index in [2.05, 4.69) is 85.9 Å². The highest BCUT2D eigenvalue weighted by molar-refractivity contribution is 5.93. The maximum absolute atomic E-state index is 3.62. The van der Waals surface area contributed by atoms with E-state index in [0.717, 1.165) is 0 Å².